The molecular weight excluding hydrogens is 314 g/mol. The Labute approximate surface area is 137 Å². The van der Waals surface area contributed by atoms with Gasteiger partial charge in [-0.3, -0.25) is 30.6 Å². The summed E-state index contributed by atoms with van der Waals surface area (Å²) in [6.07, 6.45) is 0. The lowest BCUT2D eigenvalue weighted by atomic mass is 10.1. The topological polar surface area (TPSA) is 111 Å². The Kier molecular flexibility index (Phi) is 5.45. The molecular formula is C16H15N3O5. The first-order chi connectivity index (χ1) is 11.5. The van der Waals surface area contributed by atoms with Gasteiger partial charge in [-0.05, 0) is 25.1 Å². The van der Waals surface area contributed by atoms with E-state index in [-0.39, 0.29) is 16.8 Å². The van der Waals surface area contributed by atoms with Crippen LogP contribution in [0.2, 0.25) is 0 Å². The molecule has 124 valence electrons. The maximum atomic E-state index is 12.2. The molecule has 0 fully saturated rings. The summed E-state index contributed by atoms with van der Waals surface area (Å²) in [5, 5.41) is 10.9. The number of nitro benzene ring substituents is 1. The predicted molar refractivity (Wildman–Crippen MR) is 85.6 cm³/mol. The molecule has 2 N–H and O–H groups in total. The second-order valence-corrected chi connectivity index (χ2v) is 4.61. The van der Waals surface area contributed by atoms with Gasteiger partial charge in [-0.25, -0.2) is 0 Å². The van der Waals surface area contributed by atoms with E-state index in [1.807, 2.05) is 0 Å². The number of hydrogen-bond donors (Lipinski definition) is 2. The predicted octanol–water partition coefficient (Wildman–Crippen LogP) is 2.07. The first-order valence-corrected chi connectivity index (χ1v) is 7.10. The first kappa shape index (κ1) is 16.9. The summed E-state index contributed by atoms with van der Waals surface area (Å²) in [5.41, 5.74) is 4.12. The Morgan fingerprint density at radius 1 is 1.00 bits per heavy atom. The lowest BCUT2D eigenvalue weighted by Gasteiger charge is -2.11. The minimum atomic E-state index is -0.787. The van der Waals surface area contributed by atoms with E-state index in [9.17, 15) is 19.7 Å². The van der Waals surface area contributed by atoms with E-state index >= 15 is 0 Å². The number of rotatable bonds is 5. The van der Waals surface area contributed by atoms with E-state index in [1.165, 1.54) is 30.3 Å². The van der Waals surface area contributed by atoms with Crippen molar-refractivity contribution in [1.82, 2.24) is 10.9 Å². The average Bonchev–Trinajstić information content (AvgIpc) is 2.60. The summed E-state index contributed by atoms with van der Waals surface area (Å²) in [6.45, 7) is 2.16. The summed E-state index contributed by atoms with van der Waals surface area (Å²) < 4.78 is 5.34. The fourth-order valence-corrected chi connectivity index (χ4v) is 2.01. The third kappa shape index (κ3) is 3.86. The zero-order chi connectivity index (χ0) is 17.5. The highest BCUT2D eigenvalue weighted by molar-refractivity contribution is 6.02. The third-order valence-corrected chi connectivity index (χ3v) is 3.07. The third-order valence-electron chi connectivity index (χ3n) is 3.07. The highest BCUT2D eigenvalue weighted by atomic mass is 16.6. The number of nitrogens with zero attached hydrogens (tertiary/aromatic N) is 1. The summed E-state index contributed by atoms with van der Waals surface area (Å²) in [5.74, 6) is -1.01. The zero-order valence-electron chi connectivity index (χ0n) is 12.8. The smallest absolute Gasteiger partial charge is 0.282 e. The lowest BCUT2D eigenvalue weighted by Crippen LogP contribution is -2.42. The molecule has 8 heteroatoms. The van der Waals surface area contributed by atoms with Gasteiger partial charge < -0.3 is 4.74 Å². The van der Waals surface area contributed by atoms with Gasteiger partial charge in [0, 0.05) is 6.07 Å². The number of nitrogens with one attached hydrogen (secondary N) is 2. The van der Waals surface area contributed by atoms with E-state index < -0.39 is 16.7 Å². The fraction of sp³-hybridized carbons (Fsp3) is 0.125. The minimum Gasteiger partial charge on any atom is -0.493 e. The van der Waals surface area contributed by atoms with Gasteiger partial charge in [0.25, 0.3) is 17.5 Å². The normalized spacial score (nSPS) is 9.88. The fourth-order valence-electron chi connectivity index (χ4n) is 2.01. The molecule has 0 bridgehead atoms. The molecule has 0 spiro atoms. The van der Waals surface area contributed by atoms with Crippen LogP contribution in [0.25, 0.3) is 0 Å². The number of nitro groups is 1. The molecule has 0 heterocycles. The lowest BCUT2D eigenvalue weighted by molar-refractivity contribution is -0.385. The van der Waals surface area contributed by atoms with Crippen molar-refractivity contribution in [2.75, 3.05) is 6.61 Å². The summed E-state index contributed by atoms with van der Waals surface area (Å²) >= 11 is 0. The van der Waals surface area contributed by atoms with Crippen molar-refractivity contribution in [1.29, 1.82) is 0 Å². The number of carbonyl (C=O) groups is 2. The molecule has 0 atom stereocenters. The van der Waals surface area contributed by atoms with Crippen molar-refractivity contribution in [2.24, 2.45) is 0 Å². The molecule has 8 nitrogen and oxygen atoms in total. The van der Waals surface area contributed by atoms with Crippen molar-refractivity contribution < 1.29 is 19.2 Å². The summed E-state index contributed by atoms with van der Waals surface area (Å²) in [6, 6.07) is 12.0. The van der Waals surface area contributed by atoms with Crippen LogP contribution in [0, 0.1) is 10.1 Å². The molecule has 0 aliphatic carbocycles. The highest BCUT2D eigenvalue weighted by Crippen LogP contribution is 2.18. The summed E-state index contributed by atoms with van der Waals surface area (Å²) in [4.78, 5) is 34.5. The van der Waals surface area contributed by atoms with E-state index in [4.69, 9.17) is 4.74 Å². The molecule has 2 rings (SSSR count). The second-order valence-electron chi connectivity index (χ2n) is 4.61. The van der Waals surface area contributed by atoms with Gasteiger partial charge in [0.05, 0.1) is 17.1 Å². The number of benzene rings is 2. The maximum Gasteiger partial charge on any atom is 0.282 e. The van der Waals surface area contributed by atoms with Gasteiger partial charge in [0.2, 0.25) is 0 Å². The monoisotopic (exact) mass is 329 g/mol. The van der Waals surface area contributed by atoms with Crippen LogP contribution in [-0.2, 0) is 0 Å². The number of hydrogen-bond acceptors (Lipinski definition) is 5. The van der Waals surface area contributed by atoms with Crippen molar-refractivity contribution in [3.63, 3.8) is 0 Å². The van der Waals surface area contributed by atoms with Crippen LogP contribution in [0.4, 0.5) is 5.69 Å². The Bertz CT molecular complexity index is 776. The number of amides is 2. The molecule has 2 amide bonds. The largest absolute Gasteiger partial charge is 0.493 e. The van der Waals surface area contributed by atoms with E-state index in [0.29, 0.717) is 12.4 Å². The van der Waals surface area contributed by atoms with Crippen LogP contribution < -0.4 is 15.6 Å². The molecule has 0 saturated carbocycles. The van der Waals surface area contributed by atoms with Crippen molar-refractivity contribution in [2.45, 2.75) is 6.92 Å². The zero-order valence-corrected chi connectivity index (χ0v) is 12.8. The molecule has 0 radical (unpaired) electrons. The number of para-hydroxylation sites is 2. The van der Waals surface area contributed by atoms with Crippen molar-refractivity contribution in [3.8, 4) is 5.75 Å². The Balaban J connectivity index is 2.10. The Morgan fingerprint density at radius 3 is 2.17 bits per heavy atom. The van der Waals surface area contributed by atoms with Gasteiger partial charge >= 0.3 is 0 Å². The van der Waals surface area contributed by atoms with E-state index in [1.54, 1.807) is 25.1 Å². The molecule has 0 aliphatic heterocycles. The van der Waals surface area contributed by atoms with Gasteiger partial charge in [0.1, 0.15) is 11.3 Å². The van der Waals surface area contributed by atoms with E-state index in [0.717, 1.165) is 0 Å². The molecule has 0 unspecified atom stereocenters. The molecule has 0 saturated heterocycles. The quantitative estimate of drug-likeness (QED) is 0.644. The minimum absolute atomic E-state index is 0.152. The molecule has 0 aliphatic rings. The van der Waals surface area contributed by atoms with Gasteiger partial charge in [-0.1, -0.05) is 24.3 Å². The number of ether oxygens (including phenoxy) is 1. The van der Waals surface area contributed by atoms with Crippen molar-refractivity contribution in [3.05, 3.63) is 69.8 Å². The van der Waals surface area contributed by atoms with Gasteiger partial charge in [0.15, 0.2) is 0 Å². The average molecular weight is 329 g/mol. The molecule has 2 aromatic carbocycles. The van der Waals surface area contributed by atoms with Crippen LogP contribution in [0.15, 0.2) is 48.5 Å². The maximum absolute atomic E-state index is 12.2. The SMILES string of the molecule is CCOc1ccccc1C(=O)NNC(=O)c1ccccc1[N+](=O)[O-]. The summed E-state index contributed by atoms with van der Waals surface area (Å²) in [7, 11) is 0. The first-order valence-electron chi connectivity index (χ1n) is 7.10. The van der Waals surface area contributed by atoms with Gasteiger partial charge in [-0.2, -0.15) is 0 Å². The Hall–Kier alpha value is -3.42. The van der Waals surface area contributed by atoms with Crippen LogP contribution in [0.1, 0.15) is 27.6 Å². The number of hydrazine groups is 1. The number of carbonyl (C=O) groups excluding carboxylic acids is 2. The Morgan fingerprint density at radius 2 is 1.54 bits per heavy atom. The van der Waals surface area contributed by atoms with Crippen LogP contribution in [0.5, 0.6) is 5.75 Å². The molecule has 0 aromatic heterocycles. The van der Waals surface area contributed by atoms with Crippen molar-refractivity contribution >= 4 is 17.5 Å². The van der Waals surface area contributed by atoms with Crippen LogP contribution in [0.3, 0.4) is 0 Å². The van der Waals surface area contributed by atoms with Crippen LogP contribution >= 0.6 is 0 Å². The van der Waals surface area contributed by atoms with Crippen LogP contribution in [-0.4, -0.2) is 23.3 Å². The second kappa shape index (κ2) is 7.73. The molecule has 2 aromatic rings. The molecule has 24 heavy (non-hydrogen) atoms. The van der Waals surface area contributed by atoms with Gasteiger partial charge in [-0.15, -0.1) is 0 Å². The standard InChI is InChI=1S/C16H15N3O5/c1-2-24-14-10-6-4-8-12(14)16(21)18-17-15(20)11-7-3-5-9-13(11)19(22)23/h3-10H,2H2,1H3,(H,17,20)(H,18,21). The van der Waals surface area contributed by atoms with E-state index in [2.05, 4.69) is 10.9 Å². The highest BCUT2D eigenvalue weighted by Gasteiger charge is 2.20.